The van der Waals surface area contributed by atoms with E-state index in [9.17, 15) is 4.79 Å². The number of carbonyl (C=O) groups is 1. The van der Waals surface area contributed by atoms with E-state index in [0.717, 1.165) is 40.1 Å². The third kappa shape index (κ3) is 3.79. The molecule has 1 aromatic heterocycles. The molecule has 3 nitrogen and oxygen atoms in total. The van der Waals surface area contributed by atoms with Crippen molar-refractivity contribution in [1.29, 1.82) is 0 Å². The molecule has 0 saturated heterocycles. The normalized spacial score (nSPS) is 10.9. The summed E-state index contributed by atoms with van der Waals surface area (Å²) in [5.41, 5.74) is 4.49. The van der Waals surface area contributed by atoms with Crippen LogP contribution in [0.2, 0.25) is 0 Å². The molecule has 0 saturated carbocycles. The highest BCUT2D eigenvalue weighted by molar-refractivity contribution is 14.1. The maximum absolute atomic E-state index is 12.8. The lowest BCUT2D eigenvalue weighted by atomic mass is 10.1. The van der Waals surface area contributed by atoms with E-state index in [4.69, 9.17) is 4.98 Å². The molecule has 0 aliphatic rings. The Morgan fingerprint density at radius 3 is 2.74 bits per heavy atom. The zero-order chi connectivity index (χ0) is 19.0. The van der Waals surface area contributed by atoms with Gasteiger partial charge in [0, 0.05) is 19.3 Å². The van der Waals surface area contributed by atoms with Gasteiger partial charge in [0.05, 0.1) is 15.8 Å². The molecule has 27 heavy (non-hydrogen) atoms. The van der Waals surface area contributed by atoms with Gasteiger partial charge in [-0.15, -0.1) is 11.3 Å². The van der Waals surface area contributed by atoms with Crippen LogP contribution in [0.15, 0.2) is 65.1 Å². The fraction of sp³-hybridized carbons (Fsp3) is 0.0476. The quantitative estimate of drug-likeness (QED) is 0.283. The van der Waals surface area contributed by atoms with E-state index >= 15 is 0 Å². The fourth-order valence-electron chi connectivity index (χ4n) is 2.85. The number of anilines is 1. The first-order valence-electron chi connectivity index (χ1n) is 8.25. The van der Waals surface area contributed by atoms with Gasteiger partial charge in [-0.1, -0.05) is 40.2 Å². The maximum atomic E-state index is 12.8. The summed E-state index contributed by atoms with van der Waals surface area (Å²) in [6, 6.07) is 19.7. The second kappa shape index (κ2) is 7.69. The van der Waals surface area contributed by atoms with Crippen LogP contribution in [-0.4, -0.2) is 10.9 Å². The average molecular weight is 549 g/mol. The van der Waals surface area contributed by atoms with E-state index in [-0.39, 0.29) is 5.91 Å². The predicted molar refractivity (Wildman–Crippen MR) is 125 cm³/mol. The molecule has 1 N–H and O–H groups in total. The van der Waals surface area contributed by atoms with Gasteiger partial charge in [-0.05, 0) is 71.5 Å². The summed E-state index contributed by atoms with van der Waals surface area (Å²) in [6.45, 7) is 2.02. The fourth-order valence-corrected chi connectivity index (χ4v) is 4.84. The van der Waals surface area contributed by atoms with Crippen LogP contribution >= 0.6 is 49.9 Å². The standard InChI is InChI=1S/C21H14BrIN2OS/c1-12-14(21-25-18-6-2-3-8-19(18)27-21)5-4-7-17(12)24-20(26)15-11-13(22)9-10-16(15)23/h2-11H,1H3,(H,24,26). The van der Waals surface area contributed by atoms with Crippen molar-refractivity contribution in [1.82, 2.24) is 4.98 Å². The van der Waals surface area contributed by atoms with Crippen LogP contribution in [0.5, 0.6) is 0 Å². The zero-order valence-electron chi connectivity index (χ0n) is 14.3. The van der Waals surface area contributed by atoms with Gasteiger partial charge in [0.25, 0.3) is 5.91 Å². The molecule has 0 atom stereocenters. The molecule has 0 bridgehead atoms. The molecule has 0 aliphatic carbocycles. The minimum absolute atomic E-state index is 0.120. The van der Waals surface area contributed by atoms with Crippen molar-refractivity contribution in [3.8, 4) is 10.6 Å². The number of nitrogens with zero attached hydrogens (tertiary/aromatic N) is 1. The Bertz CT molecular complexity index is 1140. The molecular weight excluding hydrogens is 535 g/mol. The topological polar surface area (TPSA) is 42.0 Å². The molecule has 0 radical (unpaired) electrons. The summed E-state index contributed by atoms with van der Waals surface area (Å²) in [5, 5.41) is 4.01. The number of nitrogens with one attached hydrogen (secondary N) is 1. The third-order valence-corrected chi connectivity index (χ3v) is 6.78. The Labute approximate surface area is 183 Å². The average Bonchev–Trinajstić information content (AvgIpc) is 3.09. The van der Waals surface area contributed by atoms with Gasteiger partial charge in [0.1, 0.15) is 5.01 Å². The molecule has 4 rings (SSSR count). The molecule has 0 unspecified atom stereocenters. The number of fused-ring (bicyclic) bond motifs is 1. The molecule has 1 amide bonds. The summed E-state index contributed by atoms with van der Waals surface area (Å²) >= 11 is 7.27. The number of halogens is 2. The first kappa shape index (κ1) is 18.6. The first-order valence-corrected chi connectivity index (χ1v) is 10.9. The van der Waals surface area contributed by atoms with Gasteiger partial charge in [0.15, 0.2) is 0 Å². The van der Waals surface area contributed by atoms with Crippen molar-refractivity contribution >= 4 is 71.7 Å². The van der Waals surface area contributed by atoms with E-state index in [1.165, 1.54) is 0 Å². The first-order chi connectivity index (χ1) is 13.0. The van der Waals surface area contributed by atoms with E-state index in [1.54, 1.807) is 11.3 Å². The van der Waals surface area contributed by atoms with Gasteiger partial charge in [-0.3, -0.25) is 4.79 Å². The van der Waals surface area contributed by atoms with Gasteiger partial charge in [0.2, 0.25) is 0 Å². The van der Waals surface area contributed by atoms with E-state index in [1.807, 2.05) is 61.5 Å². The molecule has 4 aromatic rings. The second-order valence-corrected chi connectivity index (χ2v) is 9.15. The van der Waals surface area contributed by atoms with Crippen LogP contribution in [0.3, 0.4) is 0 Å². The van der Waals surface area contributed by atoms with Gasteiger partial charge in [-0.25, -0.2) is 4.98 Å². The van der Waals surface area contributed by atoms with Crippen molar-refractivity contribution in [2.75, 3.05) is 5.32 Å². The predicted octanol–water partition coefficient (Wildman–Crippen LogP) is 6.89. The van der Waals surface area contributed by atoms with E-state index in [0.29, 0.717) is 5.56 Å². The number of para-hydroxylation sites is 1. The van der Waals surface area contributed by atoms with Crippen LogP contribution in [0, 0.1) is 10.5 Å². The smallest absolute Gasteiger partial charge is 0.256 e. The lowest BCUT2D eigenvalue weighted by Gasteiger charge is -2.12. The van der Waals surface area contributed by atoms with Crippen molar-refractivity contribution in [3.05, 3.63) is 79.8 Å². The molecule has 134 valence electrons. The maximum Gasteiger partial charge on any atom is 0.256 e. The lowest BCUT2D eigenvalue weighted by molar-refractivity contribution is 0.102. The number of hydrogen-bond donors (Lipinski definition) is 1. The van der Waals surface area contributed by atoms with Gasteiger partial charge < -0.3 is 5.32 Å². The summed E-state index contributed by atoms with van der Waals surface area (Å²) in [7, 11) is 0. The number of thiazole rings is 1. The summed E-state index contributed by atoms with van der Waals surface area (Å²) < 4.78 is 2.95. The van der Waals surface area contributed by atoms with Crippen LogP contribution in [-0.2, 0) is 0 Å². The number of aromatic nitrogens is 1. The third-order valence-electron chi connectivity index (χ3n) is 4.28. The molecule has 6 heteroatoms. The van der Waals surface area contributed by atoms with Gasteiger partial charge in [-0.2, -0.15) is 0 Å². The molecule has 3 aromatic carbocycles. The van der Waals surface area contributed by atoms with Crippen molar-refractivity contribution in [2.24, 2.45) is 0 Å². The molecule has 0 aliphatic heterocycles. The SMILES string of the molecule is Cc1c(NC(=O)c2cc(Br)ccc2I)cccc1-c1nc2ccccc2s1. The number of amides is 1. The van der Waals surface area contributed by atoms with E-state index in [2.05, 4.69) is 49.9 Å². The highest BCUT2D eigenvalue weighted by Gasteiger charge is 2.15. The minimum Gasteiger partial charge on any atom is -0.322 e. The number of benzene rings is 3. The zero-order valence-corrected chi connectivity index (χ0v) is 18.9. The lowest BCUT2D eigenvalue weighted by Crippen LogP contribution is -2.14. The molecule has 1 heterocycles. The van der Waals surface area contributed by atoms with Crippen molar-refractivity contribution < 1.29 is 4.79 Å². The Hall–Kier alpha value is -1.77. The monoisotopic (exact) mass is 548 g/mol. The number of hydrogen-bond acceptors (Lipinski definition) is 3. The number of rotatable bonds is 3. The highest BCUT2D eigenvalue weighted by atomic mass is 127. The summed E-state index contributed by atoms with van der Waals surface area (Å²) in [5.74, 6) is -0.120. The number of carbonyl (C=O) groups excluding carboxylic acids is 1. The van der Waals surface area contributed by atoms with Crippen LogP contribution < -0.4 is 5.32 Å². The Morgan fingerprint density at radius 1 is 1.11 bits per heavy atom. The highest BCUT2D eigenvalue weighted by Crippen LogP contribution is 2.34. The summed E-state index contributed by atoms with van der Waals surface area (Å²) in [6.07, 6.45) is 0. The van der Waals surface area contributed by atoms with Crippen LogP contribution in [0.4, 0.5) is 5.69 Å². The van der Waals surface area contributed by atoms with Crippen molar-refractivity contribution in [3.63, 3.8) is 0 Å². The molecular formula is C21H14BrIN2OS. The van der Waals surface area contributed by atoms with Gasteiger partial charge >= 0.3 is 0 Å². The van der Waals surface area contributed by atoms with Crippen LogP contribution in [0.25, 0.3) is 20.8 Å². The Kier molecular flexibility index (Phi) is 5.29. The molecule has 0 fully saturated rings. The largest absolute Gasteiger partial charge is 0.322 e. The molecule has 0 spiro atoms. The Morgan fingerprint density at radius 2 is 1.93 bits per heavy atom. The van der Waals surface area contributed by atoms with Crippen molar-refractivity contribution in [2.45, 2.75) is 6.92 Å². The van der Waals surface area contributed by atoms with Crippen LogP contribution in [0.1, 0.15) is 15.9 Å². The Balaban J connectivity index is 1.69. The minimum atomic E-state index is -0.120. The van der Waals surface area contributed by atoms with E-state index < -0.39 is 0 Å². The second-order valence-electron chi connectivity index (χ2n) is 6.04. The summed E-state index contributed by atoms with van der Waals surface area (Å²) in [4.78, 5) is 17.5.